The molecule has 8 heteroatoms. The summed E-state index contributed by atoms with van der Waals surface area (Å²) in [5, 5.41) is 5.88. The van der Waals surface area contributed by atoms with Crippen LogP contribution in [0.15, 0.2) is 24.3 Å². The summed E-state index contributed by atoms with van der Waals surface area (Å²) in [6, 6.07) is 5.38. The number of hydrogen-bond acceptors (Lipinski definition) is 4. The van der Waals surface area contributed by atoms with E-state index in [1.54, 1.807) is 0 Å². The minimum atomic E-state index is -4.70. The molecule has 0 radical (unpaired) electrons. The smallest absolute Gasteiger partial charge is 0.406 e. The fourth-order valence-electron chi connectivity index (χ4n) is 2.06. The van der Waals surface area contributed by atoms with Gasteiger partial charge in [-0.3, -0.25) is 4.79 Å². The summed E-state index contributed by atoms with van der Waals surface area (Å²) in [5.74, 6) is -0.426. The normalized spacial score (nSPS) is 18.8. The molecule has 1 aliphatic heterocycles. The zero-order chi connectivity index (χ0) is 16.0. The Morgan fingerprint density at radius 2 is 2.09 bits per heavy atom. The van der Waals surface area contributed by atoms with E-state index in [1.807, 2.05) is 0 Å². The van der Waals surface area contributed by atoms with E-state index in [-0.39, 0.29) is 24.2 Å². The first kappa shape index (κ1) is 16.6. The van der Waals surface area contributed by atoms with Crippen LogP contribution in [0.4, 0.5) is 13.2 Å². The van der Waals surface area contributed by atoms with Gasteiger partial charge < -0.3 is 20.1 Å². The molecule has 1 aromatic rings. The molecule has 2 N–H and O–H groups in total. The van der Waals surface area contributed by atoms with Gasteiger partial charge in [0.15, 0.2) is 0 Å². The third-order valence-corrected chi connectivity index (χ3v) is 3.08. The first-order valence-electron chi connectivity index (χ1n) is 6.85. The molecule has 1 aromatic carbocycles. The number of carbonyl (C=O) groups is 1. The highest BCUT2D eigenvalue weighted by molar-refractivity contribution is 5.76. The van der Waals surface area contributed by atoms with E-state index in [4.69, 9.17) is 4.74 Å². The van der Waals surface area contributed by atoms with Gasteiger partial charge in [-0.2, -0.15) is 0 Å². The topological polar surface area (TPSA) is 59.6 Å². The minimum Gasteiger partial charge on any atom is -0.406 e. The lowest BCUT2D eigenvalue weighted by Gasteiger charge is -2.23. The molecular weight excluding hydrogens is 301 g/mol. The van der Waals surface area contributed by atoms with Gasteiger partial charge in [-0.25, -0.2) is 0 Å². The van der Waals surface area contributed by atoms with Crippen LogP contribution < -0.4 is 15.4 Å². The van der Waals surface area contributed by atoms with E-state index in [9.17, 15) is 18.0 Å². The second-order valence-electron chi connectivity index (χ2n) is 4.90. The molecule has 1 aliphatic rings. The summed E-state index contributed by atoms with van der Waals surface area (Å²) in [4.78, 5) is 11.8. The van der Waals surface area contributed by atoms with Crippen LogP contribution >= 0.6 is 0 Å². The van der Waals surface area contributed by atoms with Crippen molar-refractivity contribution < 1.29 is 27.4 Å². The Morgan fingerprint density at radius 3 is 2.68 bits per heavy atom. The summed E-state index contributed by atoms with van der Waals surface area (Å²) in [5.41, 5.74) is 0.690. The highest BCUT2D eigenvalue weighted by Gasteiger charge is 2.30. The van der Waals surface area contributed by atoms with Crippen LogP contribution in [0.1, 0.15) is 12.0 Å². The van der Waals surface area contributed by atoms with Gasteiger partial charge >= 0.3 is 6.36 Å². The average Bonchev–Trinajstić information content (AvgIpc) is 2.46. The lowest BCUT2D eigenvalue weighted by atomic mass is 10.1. The Balaban J connectivity index is 1.75. The molecule has 0 aliphatic carbocycles. The number of halogens is 3. The van der Waals surface area contributed by atoms with Crippen molar-refractivity contribution in [1.82, 2.24) is 10.6 Å². The summed E-state index contributed by atoms with van der Waals surface area (Å²) in [7, 11) is 0. The van der Waals surface area contributed by atoms with Crippen LogP contribution in [-0.2, 0) is 16.1 Å². The molecule has 1 atom stereocenters. The van der Waals surface area contributed by atoms with Gasteiger partial charge in [0.1, 0.15) is 5.75 Å². The average molecular weight is 318 g/mol. The molecule has 5 nitrogen and oxygen atoms in total. The molecule has 22 heavy (non-hydrogen) atoms. The molecule has 0 saturated carbocycles. The Bertz CT molecular complexity index is 485. The Morgan fingerprint density at radius 1 is 1.36 bits per heavy atom. The van der Waals surface area contributed by atoms with Crippen LogP contribution in [0.3, 0.4) is 0 Å². The van der Waals surface area contributed by atoms with Crippen LogP contribution in [0.2, 0.25) is 0 Å². The first-order chi connectivity index (χ1) is 10.4. The van der Waals surface area contributed by atoms with Gasteiger partial charge in [-0.1, -0.05) is 12.1 Å². The van der Waals surface area contributed by atoms with Crippen molar-refractivity contribution in [3.8, 4) is 5.75 Å². The van der Waals surface area contributed by atoms with Gasteiger partial charge in [0.25, 0.3) is 0 Å². The Kier molecular flexibility index (Phi) is 5.62. The zero-order valence-electron chi connectivity index (χ0n) is 11.8. The van der Waals surface area contributed by atoms with Gasteiger partial charge in [-0.05, 0) is 17.7 Å². The van der Waals surface area contributed by atoms with Crippen LogP contribution in [-0.4, -0.2) is 38.1 Å². The molecule has 1 unspecified atom stereocenters. The van der Waals surface area contributed by atoms with Gasteiger partial charge in [0, 0.05) is 25.6 Å². The van der Waals surface area contributed by atoms with E-state index in [2.05, 4.69) is 15.4 Å². The first-order valence-corrected chi connectivity index (χ1v) is 6.85. The Labute approximate surface area is 125 Å². The summed E-state index contributed by atoms with van der Waals surface area (Å²) >= 11 is 0. The highest BCUT2D eigenvalue weighted by atomic mass is 19.4. The number of alkyl halides is 3. The van der Waals surface area contributed by atoms with Crippen LogP contribution in [0.25, 0.3) is 0 Å². The van der Waals surface area contributed by atoms with Gasteiger partial charge in [0.05, 0.1) is 13.2 Å². The number of carbonyl (C=O) groups excluding carboxylic acids is 1. The number of benzene rings is 1. The monoisotopic (exact) mass is 318 g/mol. The van der Waals surface area contributed by atoms with Crippen molar-refractivity contribution in [2.24, 2.45) is 0 Å². The number of ether oxygens (including phenoxy) is 2. The van der Waals surface area contributed by atoms with E-state index in [0.717, 1.165) is 6.54 Å². The molecule has 1 amide bonds. The van der Waals surface area contributed by atoms with Crippen molar-refractivity contribution in [3.63, 3.8) is 0 Å². The van der Waals surface area contributed by atoms with Crippen molar-refractivity contribution in [3.05, 3.63) is 29.8 Å². The van der Waals surface area contributed by atoms with Crippen molar-refractivity contribution >= 4 is 5.91 Å². The molecule has 2 rings (SSSR count). The second-order valence-corrected chi connectivity index (χ2v) is 4.90. The number of rotatable bonds is 5. The highest BCUT2D eigenvalue weighted by Crippen LogP contribution is 2.22. The standard InChI is InChI=1S/C14H17F3N2O3/c15-14(16,17)22-12-3-1-10(2-4-12)8-19-13(20)7-11-9-21-6-5-18-11/h1-4,11,18H,5-9H2,(H,19,20). The van der Waals surface area contributed by atoms with Gasteiger partial charge in [0.2, 0.25) is 5.91 Å². The fourth-order valence-corrected chi connectivity index (χ4v) is 2.06. The molecule has 1 heterocycles. The van der Waals surface area contributed by atoms with Crippen molar-refractivity contribution in [1.29, 1.82) is 0 Å². The van der Waals surface area contributed by atoms with E-state index in [0.29, 0.717) is 25.2 Å². The lowest BCUT2D eigenvalue weighted by Crippen LogP contribution is -2.44. The molecule has 0 aromatic heterocycles. The molecule has 1 saturated heterocycles. The second kappa shape index (κ2) is 7.46. The minimum absolute atomic E-state index is 0.00342. The molecular formula is C14H17F3N2O3. The molecule has 0 bridgehead atoms. The third-order valence-electron chi connectivity index (χ3n) is 3.08. The molecule has 122 valence electrons. The van der Waals surface area contributed by atoms with Crippen molar-refractivity contribution in [2.45, 2.75) is 25.4 Å². The molecule has 0 spiro atoms. The maximum atomic E-state index is 12.0. The van der Waals surface area contributed by atoms with E-state index in [1.165, 1.54) is 24.3 Å². The number of amides is 1. The number of nitrogens with one attached hydrogen (secondary N) is 2. The maximum Gasteiger partial charge on any atom is 0.573 e. The largest absolute Gasteiger partial charge is 0.573 e. The van der Waals surface area contributed by atoms with Crippen molar-refractivity contribution in [2.75, 3.05) is 19.8 Å². The lowest BCUT2D eigenvalue weighted by molar-refractivity contribution is -0.274. The van der Waals surface area contributed by atoms with E-state index >= 15 is 0 Å². The fraction of sp³-hybridized carbons (Fsp3) is 0.500. The van der Waals surface area contributed by atoms with Crippen LogP contribution in [0.5, 0.6) is 5.75 Å². The number of hydrogen-bond donors (Lipinski definition) is 2. The maximum absolute atomic E-state index is 12.0. The SMILES string of the molecule is O=C(CC1COCCN1)NCc1ccc(OC(F)(F)F)cc1. The third kappa shape index (κ3) is 5.90. The quantitative estimate of drug-likeness (QED) is 0.865. The number of morpholine rings is 1. The predicted octanol–water partition coefficient (Wildman–Crippen LogP) is 1.58. The summed E-state index contributed by atoms with van der Waals surface area (Å²) in [6.45, 7) is 2.11. The van der Waals surface area contributed by atoms with Crippen LogP contribution in [0, 0.1) is 0 Å². The van der Waals surface area contributed by atoms with Gasteiger partial charge in [-0.15, -0.1) is 13.2 Å². The zero-order valence-corrected chi connectivity index (χ0v) is 11.8. The predicted molar refractivity (Wildman–Crippen MR) is 72.2 cm³/mol. The van der Waals surface area contributed by atoms with E-state index < -0.39 is 6.36 Å². The summed E-state index contributed by atoms with van der Waals surface area (Å²) in [6.07, 6.45) is -4.40. The Hall–Kier alpha value is -1.80. The molecule has 1 fully saturated rings. The summed E-state index contributed by atoms with van der Waals surface area (Å²) < 4.78 is 45.1.